The van der Waals surface area contributed by atoms with Gasteiger partial charge in [-0.15, -0.1) is 11.3 Å². The molecule has 1 aromatic heterocycles. The van der Waals surface area contributed by atoms with Crippen LogP contribution in [0.25, 0.3) is 0 Å². The highest BCUT2D eigenvalue weighted by atomic mass is 32.1. The van der Waals surface area contributed by atoms with Crippen LogP contribution in [0.15, 0.2) is 11.4 Å². The van der Waals surface area contributed by atoms with Crippen molar-refractivity contribution in [2.75, 3.05) is 13.7 Å². The molecule has 1 aliphatic heterocycles. The quantitative estimate of drug-likeness (QED) is 0.756. The topological polar surface area (TPSA) is 29.5 Å². The molecular formula is C13H17NO2S. The molecule has 1 aliphatic carbocycles. The number of nitrogens with zero attached hydrogens (tertiary/aromatic N) is 1. The highest BCUT2D eigenvalue weighted by Crippen LogP contribution is 2.41. The first kappa shape index (κ1) is 11.2. The van der Waals surface area contributed by atoms with Crippen molar-refractivity contribution >= 4 is 17.3 Å². The van der Waals surface area contributed by atoms with E-state index in [1.165, 1.54) is 36.8 Å². The Morgan fingerprint density at radius 1 is 1.53 bits per heavy atom. The van der Waals surface area contributed by atoms with E-state index in [0.717, 1.165) is 13.0 Å². The number of hydrogen-bond acceptors (Lipinski definition) is 4. The fraction of sp³-hybridized carbons (Fsp3) is 0.615. The second kappa shape index (κ2) is 4.42. The number of carbonyl (C=O) groups excluding carboxylic acids is 1. The van der Waals surface area contributed by atoms with Gasteiger partial charge in [-0.25, -0.2) is 0 Å². The summed E-state index contributed by atoms with van der Waals surface area (Å²) in [4.78, 5) is 15.5. The van der Waals surface area contributed by atoms with Crippen LogP contribution in [0.5, 0.6) is 0 Å². The van der Waals surface area contributed by atoms with Gasteiger partial charge < -0.3 is 4.74 Å². The summed E-state index contributed by atoms with van der Waals surface area (Å²) >= 11 is 1.85. The molecule has 0 spiro atoms. The third kappa shape index (κ3) is 1.79. The van der Waals surface area contributed by atoms with Crippen molar-refractivity contribution in [3.63, 3.8) is 0 Å². The molecule has 3 rings (SSSR count). The lowest BCUT2D eigenvalue weighted by molar-refractivity contribution is -0.154. The van der Waals surface area contributed by atoms with Gasteiger partial charge in [0.25, 0.3) is 0 Å². The van der Waals surface area contributed by atoms with Crippen LogP contribution in [0.2, 0.25) is 0 Å². The fourth-order valence-corrected chi connectivity index (χ4v) is 3.96. The molecule has 0 N–H and O–H groups in total. The van der Waals surface area contributed by atoms with Crippen molar-refractivity contribution in [2.24, 2.45) is 0 Å². The van der Waals surface area contributed by atoms with E-state index in [4.69, 9.17) is 4.74 Å². The van der Waals surface area contributed by atoms with Crippen LogP contribution in [-0.2, 0) is 16.0 Å². The minimum Gasteiger partial charge on any atom is -0.468 e. The van der Waals surface area contributed by atoms with Crippen molar-refractivity contribution in [3.05, 3.63) is 21.9 Å². The monoisotopic (exact) mass is 251 g/mol. The van der Waals surface area contributed by atoms with E-state index >= 15 is 0 Å². The third-order valence-electron chi connectivity index (χ3n) is 3.95. The number of methoxy groups -OCH3 is 1. The number of fused-ring (bicyclic) bond motifs is 1. The summed E-state index contributed by atoms with van der Waals surface area (Å²) in [6, 6.07) is 2.68. The molecule has 2 unspecified atom stereocenters. The van der Waals surface area contributed by atoms with Gasteiger partial charge in [0.2, 0.25) is 0 Å². The Hall–Kier alpha value is -0.870. The summed E-state index contributed by atoms with van der Waals surface area (Å²) in [5.74, 6) is -0.0707. The molecule has 1 aromatic rings. The highest BCUT2D eigenvalue weighted by Gasteiger charge is 2.41. The van der Waals surface area contributed by atoms with Gasteiger partial charge in [-0.05, 0) is 42.7 Å². The molecule has 0 saturated carbocycles. The maximum absolute atomic E-state index is 11.6. The lowest BCUT2D eigenvalue weighted by Gasteiger charge is -2.45. The molecule has 0 aromatic carbocycles. The third-order valence-corrected chi connectivity index (χ3v) is 4.95. The van der Waals surface area contributed by atoms with Gasteiger partial charge in [-0.3, -0.25) is 9.69 Å². The van der Waals surface area contributed by atoms with Crippen molar-refractivity contribution in [3.8, 4) is 0 Å². The van der Waals surface area contributed by atoms with E-state index in [-0.39, 0.29) is 12.0 Å². The zero-order valence-corrected chi connectivity index (χ0v) is 10.8. The fourth-order valence-electron chi connectivity index (χ4n) is 2.98. The van der Waals surface area contributed by atoms with E-state index in [2.05, 4.69) is 16.3 Å². The van der Waals surface area contributed by atoms with Gasteiger partial charge in [0.15, 0.2) is 0 Å². The number of thiophene rings is 1. The number of likely N-dealkylation sites (tertiary alicyclic amines) is 1. The van der Waals surface area contributed by atoms with Crippen LogP contribution >= 0.6 is 11.3 Å². The molecular weight excluding hydrogens is 234 g/mol. The second-order valence-corrected chi connectivity index (χ2v) is 5.77. The Labute approximate surface area is 105 Å². The largest absolute Gasteiger partial charge is 0.468 e. The van der Waals surface area contributed by atoms with Crippen LogP contribution in [0, 0.1) is 0 Å². The zero-order chi connectivity index (χ0) is 11.8. The average Bonchev–Trinajstić information content (AvgIpc) is 2.76. The molecule has 0 radical (unpaired) electrons. The first-order valence-corrected chi connectivity index (χ1v) is 7.09. The molecule has 2 aliphatic rings. The van der Waals surface area contributed by atoms with Gasteiger partial charge in [0.1, 0.15) is 6.04 Å². The maximum Gasteiger partial charge on any atom is 0.323 e. The number of rotatable bonds is 2. The molecule has 1 fully saturated rings. The van der Waals surface area contributed by atoms with Crippen LogP contribution in [0.4, 0.5) is 0 Å². The number of carbonyl (C=O) groups is 1. The average molecular weight is 251 g/mol. The van der Waals surface area contributed by atoms with Crippen LogP contribution in [-0.4, -0.2) is 30.6 Å². The van der Waals surface area contributed by atoms with Gasteiger partial charge >= 0.3 is 5.97 Å². The smallest absolute Gasteiger partial charge is 0.323 e. The Kier molecular flexibility index (Phi) is 2.92. The van der Waals surface area contributed by atoms with E-state index in [0.29, 0.717) is 6.04 Å². The molecule has 2 atom stereocenters. The first-order chi connectivity index (χ1) is 8.31. The number of hydrogen-bond donors (Lipinski definition) is 0. The maximum atomic E-state index is 11.6. The molecule has 0 bridgehead atoms. The van der Waals surface area contributed by atoms with Crippen LogP contribution in [0.1, 0.15) is 35.7 Å². The van der Waals surface area contributed by atoms with E-state index < -0.39 is 0 Å². The van der Waals surface area contributed by atoms with E-state index in [1.54, 1.807) is 0 Å². The molecule has 0 amide bonds. The Bertz CT molecular complexity index is 429. The second-order valence-electron chi connectivity index (χ2n) is 4.77. The zero-order valence-electron chi connectivity index (χ0n) is 10.0. The number of ether oxygens (including phenoxy) is 1. The Morgan fingerprint density at radius 2 is 2.41 bits per heavy atom. The molecule has 4 heteroatoms. The molecule has 2 heterocycles. The highest BCUT2D eigenvalue weighted by molar-refractivity contribution is 7.10. The van der Waals surface area contributed by atoms with Gasteiger partial charge in [-0.2, -0.15) is 0 Å². The van der Waals surface area contributed by atoms with Crippen molar-refractivity contribution in [2.45, 2.75) is 37.8 Å². The lowest BCUT2D eigenvalue weighted by atomic mass is 9.88. The van der Waals surface area contributed by atoms with Crippen molar-refractivity contribution in [1.82, 2.24) is 4.90 Å². The SMILES string of the molecule is COC(=O)C1CCN1C1CCCc2sccc21. The summed E-state index contributed by atoms with van der Waals surface area (Å²) in [6.45, 7) is 1.03. The minimum atomic E-state index is -0.0707. The molecule has 3 nitrogen and oxygen atoms in total. The van der Waals surface area contributed by atoms with Crippen LogP contribution < -0.4 is 0 Å². The summed E-state index contributed by atoms with van der Waals surface area (Å²) in [5, 5.41) is 2.18. The molecule has 17 heavy (non-hydrogen) atoms. The number of esters is 1. The Morgan fingerprint density at radius 3 is 3.12 bits per heavy atom. The van der Waals surface area contributed by atoms with E-state index in [9.17, 15) is 4.79 Å². The van der Waals surface area contributed by atoms with Crippen molar-refractivity contribution in [1.29, 1.82) is 0 Å². The van der Waals surface area contributed by atoms with Crippen molar-refractivity contribution < 1.29 is 9.53 Å². The van der Waals surface area contributed by atoms with Gasteiger partial charge in [0, 0.05) is 17.5 Å². The first-order valence-electron chi connectivity index (χ1n) is 6.21. The van der Waals surface area contributed by atoms with Crippen LogP contribution in [0.3, 0.4) is 0 Å². The normalized spacial score (nSPS) is 28.3. The summed E-state index contributed by atoms with van der Waals surface area (Å²) in [6.07, 6.45) is 4.57. The summed E-state index contributed by atoms with van der Waals surface area (Å²) in [5.41, 5.74) is 1.45. The van der Waals surface area contributed by atoms with Gasteiger partial charge in [0.05, 0.1) is 7.11 Å². The Balaban J connectivity index is 1.81. The predicted molar refractivity (Wildman–Crippen MR) is 67.1 cm³/mol. The van der Waals surface area contributed by atoms with E-state index in [1.807, 2.05) is 11.3 Å². The van der Waals surface area contributed by atoms with Gasteiger partial charge in [-0.1, -0.05) is 0 Å². The molecule has 92 valence electrons. The number of aryl methyl sites for hydroxylation is 1. The standard InChI is InChI=1S/C13H17NO2S/c1-16-13(15)11-5-7-14(11)10-3-2-4-12-9(10)6-8-17-12/h6,8,10-11H,2-5,7H2,1H3. The lowest BCUT2D eigenvalue weighted by Crippen LogP contribution is -2.54. The predicted octanol–water partition coefficient (Wildman–Crippen LogP) is 2.37. The summed E-state index contributed by atoms with van der Waals surface area (Å²) in [7, 11) is 1.48. The minimum absolute atomic E-state index is 0.00384. The molecule has 1 saturated heterocycles. The summed E-state index contributed by atoms with van der Waals surface area (Å²) < 4.78 is 4.87.